The van der Waals surface area contributed by atoms with E-state index in [0.29, 0.717) is 12.0 Å². The van der Waals surface area contributed by atoms with E-state index in [-0.39, 0.29) is 17.0 Å². The quantitative estimate of drug-likeness (QED) is 0.308. The molecule has 0 heterocycles. The minimum absolute atomic E-state index is 0.171. The van der Waals surface area contributed by atoms with Gasteiger partial charge in [0.05, 0.1) is 12.2 Å². The third-order valence-electron chi connectivity index (χ3n) is 4.93. The van der Waals surface area contributed by atoms with Crippen molar-refractivity contribution in [2.75, 3.05) is 5.88 Å². The summed E-state index contributed by atoms with van der Waals surface area (Å²) in [6.07, 6.45) is -1.24. The van der Waals surface area contributed by atoms with Gasteiger partial charge in [0.25, 0.3) is 8.32 Å². The van der Waals surface area contributed by atoms with E-state index in [1.165, 1.54) is 0 Å². The van der Waals surface area contributed by atoms with Gasteiger partial charge >= 0.3 is 0 Å². The lowest BCUT2D eigenvalue weighted by Crippen LogP contribution is -2.67. The van der Waals surface area contributed by atoms with E-state index in [4.69, 9.17) is 21.3 Å². The third-order valence-corrected chi connectivity index (χ3v) is 10.4. The van der Waals surface area contributed by atoms with Crippen molar-refractivity contribution < 1.29 is 9.53 Å². The van der Waals surface area contributed by atoms with E-state index in [9.17, 15) is 5.11 Å². The van der Waals surface area contributed by atoms with Gasteiger partial charge in [0.2, 0.25) is 0 Å². The van der Waals surface area contributed by atoms with Crippen molar-refractivity contribution in [3.8, 4) is 6.07 Å². The molecule has 2 rings (SSSR count). The standard InChI is InChI=1S/C23H28ClNO2Si/c1-18(22(26)17-25)15-19(16-24)27-28(23(2,3)4,20-11-7-5-8-12-20)21-13-9-6-10-14-21/h5-14,19,22,26H,1,15-16H2,2-4H3/t19-,22?/m0/s1. The molecule has 2 atom stereocenters. The average Bonchev–Trinajstić information content (AvgIpc) is 2.70. The van der Waals surface area contributed by atoms with E-state index in [1.807, 2.05) is 42.5 Å². The van der Waals surface area contributed by atoms with Gasteiger partial charge in [-0.15, -0.1) is 11.6 Å². The third kappa shape index (κ3) is 4.74. The lowest BCUT2D eigenvalue weighted by molar-refractivity contribution is 0.193. The molecule has 0 radical (unpaired) electrons. The molecule has 0 aliphatic carbocycles. The molecule has 1 N–H and O–H groups in total. The summed E-state index contributed by atoms with van der Waals surface area (Å²) in [6, 6.07) is 22.4. The lowest BCUT2D eigenvalue weighted by Gasteiger charge is -2.45. The summed E-state index contributed by atoms with van der Waals surface area (Å²) < 4.78 is 6.91. The average molecular weight is 414 g/mol. The fraction of sp³-hybridized carbons (Fsp3) is 0.348. The maximum absolute atomic E-state index is 9.82. The lowest BCUT2D eigenvalue weighted by atomic mass is 10.1. The molecular formula is C23H28ClNO2Si. The molecular weight excluding hydrogens is 386 g/mol. The summed E-state index contributed by atoms with van der Waals surface area (Å²) in [5.74, 6) is 0.252. The van der Waals surface area contributed by atoms with Crippen LogP contribution in [0.5, 0.6) is 0 Å². The van der Waals surface area contributed by atoms with Crippen molar-refractivity contribution in [2.45, 2.75) is 44.4 Å². The fourth-order valence-electron chi connectivity index (χ4n) is 3.56. The first kappa shape index (κ1) is 22.4. The number of aliphatic hydroxyl groups excluding tert-OH is 1. The molecule has 0 spiro atoms. The van der Waals surface area contributed by atoms with Gasteiger partial charge in [0, 0.05) is 5.88 Å². The highest BCUT2D eigenvalue weighted by atomic mass is 35.5. The number of alkyl halides is 1. The highest BCUT2D eigenvalue weighted by Gasteiger charge is 2.51. The highest BCUT2D eigenvalue weighted by molar-refractivity contribution is 6.99. The molecule has 0 saturated heterocycles. The van der Waals surface area contributed by atoms with E-state index >= 15 is 0 Å². The minimum Gasteiger partial charge on any atom is -0.403 e. The van der Waals surface area contributed by atoms with Gasteiger partial charge in [-0.2, -0.15) is 5.26 Å². The van der Waals surface area contributed by atoms with Crippen LogP contribution < -0.4 is 10.4 Å². The Morgan fingerprint density at radius 2 is 1.57 bits per heavy atom. The van der Waals surface area contributed by atoms with Crippen LogP contribution in [0.1, 0.15) is 27.2 Å². The first-order valence-corrected chi connectivity index (χ1v) is 11.8. The van der Waals surface area contributed by atoms with E-state index in [2.05, 4.69) is 51.6 Å². The zero-order valence-electron chi connectivity index (χ0n) is 16.7. The minimum atomic E-state index is -2.74. The Morgan fingerprint density at radius 1 is 1.11 bits per heavy atom. The summed E-state index contributed by atoms with van der Waals surface area (Å²) in [5, 5.41) is 21.0. The number of hydrogen-bond donors (Lipinski definition) is 1. The van der Waals surface area contributed by atoms with Crippen molar-refractivity contribution in [1.29, 1.82) is 5.26 Å². The fourth-order valence-corrected chi connectivity index (χ4v) is 8.52. The van der Waals surface area contributed by atoms with Crippen LogP contribution in [0, 0.1) is 11.3 Å². The molecule has 0 fully saturated rings. The van der Waals surface area contributed by atoms with Gasteiger partial charge < -0.3 is 9.53 Å². The summed E-state index contributed by atoms with van der Waals surface area (Å²) in [6.45, 7) is 10.4. The van der Waals surface area contributed by atoms with Gasteiger partial charge in [-0.1, -0.05) is 88.0 Å². The molecule has 5 heteroatoms. The van der Waals surface area contributed by atoms with E-state index < -0.39 is 14.4 Å². The van der Waals surface area contributed by atoms with Gasteiger partial charge in [0.1, 0.15) is 0 Å². The summed E-state index contributed by atoms with van der Waals surface area (Å²) in [5.41, 5.74) is 0.422. The van der Waals surface area contributed by atoms with Crippen molar-refractivity contribution >= 4 is 30.3 Å². The number of nitrogens with zero attached hydrogens (tertiary/aromatic N) is 1. The van der Waals surface area contributed by atoms with Crippen LogP contribution in [0.3, 0.4) is 0 Å². The molecule has 28 heavy (non-hydrogen) atoms. The predicted molar refractivity (Wildman–Crippen MR) is 119 cm³/mol. The Balaban J connectivity index is 2.58. The Morgan fingerprint density at radius 3 is 1.93 bits per heavy atom. The van der Waals surface area contributed by atoms with Crippen LogP contribution >= 0.6 is 11.6 Å². The second-order valence-electron chi connectivity index (χ2n) is 7.95. The first-order chi connectivity index (χ1) is 13.3. The van der Waals surface area contributed by atoms with Crippen molar-refractivity contribution in [2.24, 2.45) is 0 Å². The molecule has 0 saturated carbocycles. The first-order valence-electron chi connectivity index (χ1n) is 9.36. The van der Waals surface area contributed by atoms with E-state index in [1.54, 1.807) is 0 Å². The maximum atomic E-state index is 9.82. The largest absolute Gasteiger partial charge is 0.403 e. The van der Waals surface area contributed by atoms with Gasteiger partial charge in [-0.3, -0.25) is 0 Å². The number of nitriles is 1. The zero-order valence-corrected chi connectivity index (χ0v) is 18.5. The van der Waals surface area contributed by atoms with Crippen molar-refractivity contribution in [3.05, 3.63) is 72.8 Å². The molecule has 3 nitrogen and oxygen atoms in total. The summed E-state index contributed by atoms with van der Waals surface area (Å²) >= 11 is 6.28. The highest BCUT2D eigenvalue weighted by Crippen LogP contribution is 2.38. The van der Waals surface area contributed by atoms with Crippen LogP contribution in [0.25, 0.3) is 0 Å². The molecule has 0 aliphatic rings. The summed E-state index contributed by atoms with van der Waals surface area (Å²) in [7, 11) is -2.74. The Labute approximate surface area is 174 Å². The number of rotatable bonds is 8. The number of aliphatic hydroxyl groups is 1. The summed E-state index contributed by atoms with van der Waals surface area (Å²) in [4.78, 5) is 0. The second-order valence-corrected chi connectivity index (χ2v) is 12.5. The Hall–Kier alpha value is -1.90. The second kappa shape index (κ2) is 9.53. The van der Waals surface area contributed by atoms with Crippen LogP contribution in [0.2, 0.25) is 5.04 Å². The molecule has 0 aliphatic heterocycles. The van der Waals surface area contributed by atoms with Crippen molar-refractivity contribution in [1.82, 2.24) is 0 Å². The smallest absolute Gasteiger partial charge is 0.261 e. The van der Waals surface area contributed by atoms with Crippen molar-refractivity contribution in [3.63, 3.8) is 0 Å². The molecule has 0 bridgehead atoms. The van der Waals surface area contributed by atoms with Gasteiger partial charge in [-0.25, -0.2) is 0 Å². The van der Waals surface area contributed by atoms with Crippen LogP contribution in [0.4, 0.5) is 0 Å². The van der Waals surface area contributed by atoms with Crippen LogP contribution in [0.15, 0.2) is 72.8 Å². The normalized spacial score (nSPS) is 14.1. The topological polar surface area (TPSA) is 53.2 Å². The number of hydrogen-bond acceptors (Lipinski definition) is 3. The monoisotopic (exact) mass is 413 g/mol. The van der Waals surface area contributed by atoms with Crippen LogP contribution in [-0.4, -0.2) is 31.5 Å². The zero-order chi connectivity index (χ0) is 20.8. The maximum Gasteiger partial charge on any atom is 0.261 e. The predicted octanol–water partition coefficient (Wildman–Crippen LogP) is 4.00. The van der Waals surface area contributed by atoms with E-state index in [0.717, 1.165) is 10.4 Å². The molecule has 0 amide bonds. The Kier molecular flexibility index (Phi) is 7.62. The number of halogens is 1. The number of benzene rings is 2. The molecule has 0 aromatic heterocycles. The van der Waals surface area contributed by atoms with Crippen LogP contribution in [-0.2, 0) is 4.43 Å². The Bertz CT molecular complexity index is 772. The van der Waals surface area contributed by atoms with Gasteiger partial charge in [-0.05, 0) is 27.4 Å². The molecule has 2 aromatic rings. The molecule has 148 valence electrons. The molecule has 1 unspecified atom stereocenters. The SMILES string of the molecule is C=C(C[C@@H](CCl)O[Si](c1ccccc1)(c1ccccc1)C(C)(C)C)C(O)C#N. The molecule has 2 aromatic carbocycles. The van der Waals surface area contributed by atoms with Gasteiger partial charge in [0.15, 0.2) is 6.10 Å².